The first-order chi connectivity index (χ1) is 8.97. The first-order valence-electron chi connectivity index (χ1n) is 5.70. The Hall–Kier alpha value is -1.47. The minimum Gasteiger partial charge on any atom is -0.493 e. The minimum atomic E-state index is -0.0239. The Morgan fingerprint density at radius 3 is 2.89 bits per heavy atom. The molecule has 0 atom stereocenters. The highest BCUT2D eigenvalue weighted by Crippen LogP contribution is 2.36. The summed E-state index contributed by atoms with van der Waals surface area (Å²) in [5.41, 5.74) is 1.17. The molecular formula is C12H13BrN4OS. The van der Waals surface area contributed by atoms with Gasteiger partial charge in [0.05, 0.1) is 5.52 Å². The second kappa shape index (κ2) is 5.66. The molecule has 3 N–H and O–H groups in total. The highest BCUT2D eigenvalue weighted by atomic mass is 79.9. The van der Waals surface area contributed by atoms with Crippen LogP contribution in [0.5, 0.6) is 5.88 Å². The Morgan fingerprint density at radius 1 is 1.47 bits per heavy atom. The van der Waals surface area contributed by atoms with Crippen molar-refractivity contribution in [2.24, 2.45) is 10.2 Å². The van der Waals surface area contributed by atoms with Gasteiger partial charge >= 0.3 is 0 Å². The van der Waals surface area contributed by atoms with Gasteiger partial charge < -0.3 is 15.4 Å². The van der Waals surface area contributed by atoms with E-state index < -0.39 is 0 Å². The van der Waals surface area contributed by atoms with Gasteiger partial charge in [-0.25, -0.2) is 0 Å². The fraction of sp³-hybridized carbons (Fsp3) is 0.250. The lowest BCUT2D eigenvalue weighted by molar-refractivity contribution is 0.459. The van der Waals surface area contributed by atoms with Gasteiger partial charge in [0.25, 0.3) is 0 Å². The van der Waals surface area contributed by atoms with Crippen LogP contribution in [0.4, 0.5) is 5.69 Å². The van der Waals surface area contributed by atoms with Crippen LogP contribution >= 0.6 is 28.1 Å². The van der Waals surface area contributed by atoms with E-state index in [-0.39, 0.29) is 11.9 Å². The van der Waals surface area contributed by atoms with Crippen LogP contribution in [0.15, 0.2) is 32.9 Å². The Kier molecular flexibility index (Phi) is 4.16. The van der Waals surface area contributed by atoms with Crippen molar-refractivity contribution in [2.75, 3.05) is 0 Å². The van der Waals surface area contributed by atoms with E-state index in [0.29, 0.717) is 10.8 Å². The van der Waals surface area contributed by atoms with E-state index in [4.69, 9.17) is 12.2 Å². The van der Waals surface area contributed by atoms with Crippen LogP contribution in [0.3, 0.4) is 0 Å². The van der Waals surface area contributed by atoms with Crippen LogP contribution < -0.4 is 5.32 Å². The van der Waals surface area contributed by atoms with Gasteiger partial charge in [-0.2, -0.15) is 0 Å². The lowest BCUT2D eigenvalue weighted by Gasteiger charge is -2.05. The van der Waals surface area contributed by atoms with Crippen LogP contribution in [0.2, 0.25) is 0 Å². The third-order valence-corrected chi connectivity index (χ3v) is 3.06. The van der Waals surface area contributed by atoms with E-state index in [1.54, 1.807) is 0 Å². The Labute approximate surface area is 124 Å². The van der Waals surface area contributed by atoms with E-state index in [2.05, 4.69) is 36.5 Å². The van der Waals surface area contributed by atoms with E-state index in [0.717, 1.165) is 15.4 Å². The fourth-order valence-corrected chi connectivity index (χ4v) is 2.25. The Balaban J connectivity index is 2.34. The van der Waals surface area contributed by atoms with Gasteiger partial charge in [0.15, 0.2) is 5.69 Å². The van der Waals surface area contributed by atoms with Gasteiger partial charge in [-0.15, -0.1) is 10.2 Å². The molecule has 0 saturated heterocycles. The van der Waals surface area contributed by atoms with Crippen molar-refractivity contribution in [3.05, 3.63) is 22.7 Å². The van der Waals surface area contributed by atoms with Crippen molar-refractivity contribution in [1.29, 1.82) is 0 Å². The van der Waals surface area contributed by atoms with Crippen LogP contribution in [-0.2, 0) is 0 Å². The lowest BCUT2D eigenvalue weighted by atomic mass is 10.2. The Morgan fingerprint density at radius 2 is 2.21 bits per heavy atom. The quantitative estimate of drug-likeness (QED) is 0.571. The average Bonchev–Trinajstić information content (AvgIpc) is 2.61. The molecular weight excluding hydrogens is 328 g/mol. The highest BCUT2D eigenvalue weighted by Gasteiger charge is 2.10. The predicted molar refractivity (Wildman–Crippen MR) is 83.0 cm³/mol. The standard InChI is InChI=1S/C12H13BrN4OS/c1-6(2)14-12(19)17-16-10-8-5-7(13)3-4-9(8)15-11(10)18/h3-6,15,18H,1-2H3,(H,14,19). The molecule has 0 saturated carbocycles. The maximum absolute atomic E-state index is 9.83. The molecule has 0 amide bonds. The van der Waals surface area contributed by atoms with Crippen LogP contribution in [-0.4, -0.2) is 21.2 Å². The third-order valence-electron chi connectivity index (χ3n) is 2.37. The highest BCUT2D eigenvalue weighted by molar-refractivity contribution is 9.10. The first kappa shape index (κ1) is 14.0. The van der Waals surface area contributed by atoms with Crippen LogP contribution in [0, 0.1) is 0 Å². The number of hydrogen-bond acceptors (Lipinski definition) is 3. The average molecular weight is 341 g/mol. The van der Waals surface area contributed by atoms with E-state index in [9.17, 15) is 5.11 Å². The third kappa shape index (κ3) is 3.30. The summed E-state index contributed by atoms with van der Waals surface area (Å²) >= 11 is 8.41. The molecule has 100 valence electrons. The van der Waals surface area contributed by atoms with Crippen molar-refractivity contribution < 1.29 is 5.11 Å². The van der Waals surface area contributed by atoms with E-state index in [1.807, 2.05) is 32.0 Å². The number of aromatic amines is 1. The summed E-state index contributed by atoms with van der Waals surface area (Å²) in [7, 11) is 0. The zero-order chi connectivity index (χ0) is 14.0. The molecule has 7 heteroatoms. The molecule has 0 unspecified atom stereocenters. The summed E-state index contributed by atoms with van der Waals surface area (Å²) in [6, 6.07) is 5.78. The molecule has 2 aromatic rings. The summed E-state index contributed by atoms with van der Waals surface area (Å²) < 4.78 is 0.901. The maximum atomic E-state index is 9.83. The minimum absolute atomic E-state index is 0.0239. The van der Waals surface area contributed by atoms with Gasteiger partial charge in [0.2, 0.25) is 11.0 Å². The fourth-order valence-electron chi connectivity index (χ4n) is 1.61. The van der Waals surface area contributed by atoms with Gasteiger partial charge in [-0.05, 0) is 44.3 Å². The molecule has 0 aliphatic heterocycles. The van der Waals surface area contributed by atoms with Gasteiger partial charge in [0, 0.05) is 15.9 Å². The second-order valence-electron chi connectivity index (χ2n) is 4.32. The zero-order valence-electron chi connectivity index (χ0n) is 10.4. The molecule has 2 rings (SSSR count). The number of nitrogens with zero attached hydrogens (tertiary/aromatic N) is 2. The van der Waals surface area contributed by atoms with Gasteiger partial charge in [-0.1, -0.05) is 15.9 Å². The summed E-state index contributed by atoms with van der Waals surface area (Å²) in [5, 5.41) is 21.8. The zero-order valence-corrected chi connectivity index (χ0v) is 12.8. The molecule has 0 bridgehead atoms. The lowest BCUT2D eigenvalue weighted by Crippen LogP contribution is -2.26. The normalized spacial score (nSPS) is 11.6. The number of benzene rings is 1. The molecule has 0 spiro atoms. The summed E-state index contributed by atoms with van der Waals surface area (Å²) in [5.74, 6) is -0.0239. The van der Waals surface area contributed by atoms with Crippen molar-refractivity contribution in [3.8, 4) is 5.88 Å². The summed E-state index contributed by atoms with van der Waals surface area (Å²) in [4.78, 5) is 2.84. The monoisotopic (exact) mass is 340 g/mol. The molecule has 0 fully saturated rings. The number of nitrogens with one attached hydrogen (secondary N) is 2. The van der Waals surface area contributed by atoms with Crippen molar-refractivity contribution in [2.45, 2.75) is 19.9 Å². The Bertz CT molecular complexity index is 650. The number of rotatable bonds is 2. The molecule has 1 aromatic carbocycles. The second-order valence-corrected chi connectivity index (χ2v) is 5.62. The molecule has 1 aromatic heterocycles. The largest absolute Gasteiger partial charge is 0.493 e. The number of hydrogen-bond donors (Lipinski definition) is 3. The van der Waals surface area contributed by atoms with Crippen molar-refractivity contribution in [1.82, 2.24) is 10.3 Å². The molecule has 0 aliphatic carbocycles. The first-order valence-corrected chi connectivity index (χ1v) is 6.90. The number of halogens is 1. The summed E-state index contributed by atoms with van der Waals surface area (Å²) in [6.45, 7) is 3.92. The van der Waals surface area contributed by atoms with E-state index >= 15 is 0 Å². The topological polar surface area (TPSA) is 72.8 Å². The maximum Gasteiger partial charge on any atom is 0.218 e. The van der Waals surface area contributed by atoms with E-state index in [1.165, 1.54) is 0 Å². The molecule has 5 nitrogen and oxygen atoms in total. The number of fused-ring (bicyclic) bond motifs is 1. The van der Waals surface area contributed by atoms with Crippen molar-refractivity contribution >= 4 is 49.9 Å². The molecule has 19 heavy (non-hydrogen) atoms. The van der Waals surface area contributed by atoms with Crippen LogP contribution in [0.25, 0.3) is 10.9 Å². The summed E-state index contributed by atoms with van der Waals surface area (Å²) in [6.07, 6.45) is 0. The smallest absolute Gasteiger partial charge is 0.218 e. The SMILES string of the molecule is CC(C)NC(=S)N=Nc1c(O)[nH]c2ccc(Br)cc12. The van der Waals surface area contributed by atoms with Crippen molar-refractivity contribution in [3.63, 3.8) is 0 Å². The number of aromatic nitrogens is 1. The molecule has 0 radical (unpaired) electrons. The van der Waals surface area contributed by atoms with Gasteiger partial charge in [-0.3, -0.25) is 0 Å². The van der Waals surface area contributed by atoms with Crippen LogP contribution in [0.1, 0.15) is 13.8 Å². The predicted octanol–water partition coefficient (Wildman–Crippen LogP) is 4.00. The number of azo groups is 1. The molecule has 0 aliphatic rings. The number of aromatic hydroxyl groups is 1. The number of thiocarbonyl (C=S) groups is 1. The van der Waals surface area contributed by atoms with Gasteiger partial charge in [0.1, 0.15) is 0 Å². The number of H-pyrrole nitrogens is 1. The molecule has 1 heterocycles.